The minimum absolute atomic E-state index is 0.208. The normalized spacial score (nSPS) is 14.4. The Morgan fingerprint density at radius 3 is 2.45 bits per heavy atom. The average Bonchev–Trinajstić information content (AvgIpc) is 3.20. The van der Waals surface area contributed by atoms with E-state index < -0.39 is 0 Å². The third-order valence-electron chi connectivity index (χ3n) is 4.78. The molecule has 0 aliphatic carbocycles. The number of fused-ring (bicyclic) bond motifs is 1. The van der Waals surface area contributed by atoms with Crippen molar-refractivity contribution >= 4 is 22.8 Å². The van der Waals surface area contributed by atoms with Crippen LogP contribution in [0.2, 0.25) is 0 Å². The summed E-state index contributed by atoms with van der Waals surface area (Å²) in [5.74, 6) is 3.10. The SMILES string of the molecule is Cc1ccc(-c2cnc3c(N4CCOCC4)nc(-c4cnc(N)nc4)nc3c2)o1. The minimum Gasteiger partial charge on any atom is -0.461 e. The number of aromatic nitrogens is 5. The zero-order valence-corrected chi connectivity index (χ0v) is 15.9. The van der Waals surface area contributed by atoms with E-state index in [1.807, 2.05) is 25.1 Å². The predicted molar refractivity (Wildman–Crippen MR) is 108 cm³/mol. The molecule has 0 radical (unpaired) electrons. The molecule has 29 heavy (non-hydrogen) atoms. The van der Waals surface area contributed by atoms with Gasteiger partial charge in [-0.3, -0.25) is 0 Å². The molecule has 2 N–H and O–H groups in total. The summed E-state index contributed by atoms with van der Waals surface area (Å²) in [5.41, 5.74) is 8.63. The molecule has 5 rings (SSSR count). The molecule has 1 aliphatic rings. The van der Waals surface area contributed by atoms with Crippen molar-refractivity contribution < 1.29 is 9.15 Å². The number of aryl methyl sites for hydroxylation is 1. The standard InChI is InChI=1S/C20H19N7O2/c1-12-2-3-16(29-12)13-8-15-17(22-9-13)19(27-4-6-28-7-5-27)26-18(25-15)14-10-23-20(21)24-11-14/h2-3,8-11H,4-7H2,1H3,(H2,21,23,24). The van der Waals surface area contributed by atoms with Gasteiger partial charge in [-0.15, -0.1) is 0 Å². The number of nitrogens with zero attached hydrogens (tertiary/aromatic N) is 6. The van der Waals surface area contributed by atoms with Gasteiger partial charge in [0, 0.05) is 37.2 Å². The summed E-state index contributed by atoms with van der Waals surface area (Å²) < 4.78 is 11.2. The molecule has 0 aromatic carbocycles. The summed E-state index contributed by atoms with van der Waals surface area (Å²) in [5, 5.41) is 0. The van der Waals surface area contributed by atoms with Crippen LogP contribution in [-0.2, 0) is 4.74 Å². The molecule has 0 bridgehead atoms. The fourth-order valence-corrected chi connectivity index (χ4v) is 3.31. The zero-order valence-electron chi connectivity index (χ0n) is 15.9. The number of ether oxygens (including phenoxy) is 1. The molecule has 1 saturated heterocycles. The van der Waals surface area contributed by atoms with E-state index in [9.17, 15) is 0 Å². The fraction of sp³-hybridized carbons (Fsp3) is 0.250. The van der Waals surface area contributed by atoms with Gasteiger partial charge < -0.3 is 19.8 Å². The van der Waals surface area contributed by atoms with Crippen LogP contribution in [0.15, 0.2) is 41.2 Å². The Balaban J connectivity index is 1.68. The van der Waals surface area contributed by atoms with Gasteiger partial charge in [0.2, 0.25) is 5.95 Å². The van der Waals surface area contributed by atoms with Crippen LogP contribution in [0.5, 0.6) is 0 Å². The number of nitrogens with two attached hydrogens (primary N) is 1. The van der Waals surface area contributed by atoms with Gasteiger partial charge in [-0.25, -0.2) is 24.9 Å². The van der Waals surface area contributed by atoms with Gasteiger partial charge in [-0.05, 0) is 25.1 Å². The Kier molecular flexibility index (Phi) is 4.28. The molecule has 0 saturated carbocycles. The quantitative estimate of drug-likeness (QED) is 0.564. The first-order chi connectivity index (χ1) is 14.2. The average molecular weight is 389 g/mol. The molecule has 1 aliphatic heterocycles. The number of morpholine rings is 1. The molecule has 146 valence electrons. The highest BCUT2D eigenvalue weighted by Gasteiger charge is 2.20. The van der Waals surface area contributed by atoms with E-state index in [1.165, 1.54) is 0 Å². The number of pyridine rings is 1. The lowest BCUT2D eigenvalue weighted by Crippen LogP contribution is -2.37. The Morgan fingerprint density at radius 2 is 1.72 bits per heavy atom. The van der Waals surface area contributed by atoms with Gasteiger partial charge in [0.15, 0.2) is 11.6 Å². The molecule has 0 amide bonds. The van der Waals surface area contributed by atoms with Crippen LogP contribution < -0.4 is 10.6 Å². The highest BCUT2D eigenvalue weighted by Crippen LogP contribution is 2.30. The summed E-state index contributed by atoms with van der Waals surface area (Å²) in [6.45, 7) is 4.69. The molecule has 9 heteroatoms. The number of hydrogen-bond donors (Lipinski definition) is 1. The summed E-state index contributed by atoms with van der Waals surface area (Å²) >= 11 is 0. The third kappa shape index (κ3) is 3.36. The van der Waals surface area contributed by atoms with Crippen molar-refractivity contribution in [3.05, 3.63) is 42.5 Å². The molecule has 4 aromatic rings. The smallest absolute Gasteiger partial charge is 0.219 e. The van der Waals surface area contributed by atoms with E-state index in [0.29, 0.717) is 24.6 Å². The number of rotatable bonds is 3. The molecule has 0 spiro atoms. The first-order valence-electron chi connectivity index (χ1n) is 9.32. The van der Waals surface area contributed by atoms with Gasteiger partial charge >= 0.3 is 0 Å². The van der Waals surface area contributed by atoms with Crippen LogP contribution >= 0.6 is 0 Å². The summed E-state index contributed by atoms with van der Waals surface area (Å²) in [6.07, 6.45) is 5.04. The first-order valence-corrected chi connectivity index (χ1v) is 9.32. The first kappa shape index (κ1) is 17.5. The molecule has 0 unspecified atom stereocenters. The molecule has 1 fully saturated rings. The van der Waals surface area contributed by atoms with Gasteiger partial charge in [0.05, 0.1) is 24.3 Å². The van der Waals surface area contributed by atoms with E-state index in [4.69, 9.17) is 24.9 Å². The van der Waals surface area contributed by atoms with E-state index in [-0.39, 0.29) is 5.95 Å². The fourth-order valence-electron chi connectivity index (χ4n) is 3.31. The van der Waals surface area contributed by atoms with Crippen molar-refractivity contribution in [3.63, 3.8) is 0 Å². The van der Waals surface area contributed by atoms with E-state index in [0.717, 1.165) is 47.0 Å². The molecule has 5 heterocycles. The summed E-state index contributed by atoms with van der Waals surface area (Å²) in [7, 11) is 0. The maximum absolute atomic E-state index is 5.75. The molecule has 4 aromatic heterocycles. The Labute approximate surface area is 166 Å². The van der Waals surface area contributed by atoms with Crippen LogP contribution in [0.4, 0.5) is 11.8 Å². The second kappa shape index (κ2) is 7.10. The maximum atomic E-state index is 5.75. The number of hydrogen-bond acceptors (Lipinski definition) is 9. The maximum Gasteiger partial charge on any atom is 0.219 e. The predicted octanol–water partition coefficient (Wildman–Crippen LogP) is 2.47. The topological polar surface area (TPSA) is 116 Å². The lowest BCUT2D eigenvalue weighted by Gasteiger charge is -2.28. The van der Waals surface area contributed by atoms with Crippen LogP contribution in [0, 0.1) is 6.92 Å². The zero-order chi connectivity index (χ0) is 19.8. The van der Waals surface area contributed by atoms with Gasteiger partial charge in [-0.1, -0.05) is 0 Å². The van der Waals surface area contributed by atoms with Crippen LogP contribution in [0.3, 0.4) is 0 Å². The van der Waals surface area contributed by atoms with Crippen LogP contribution in [0.25, 0.3) is 33.7 Å². The highest BCUT2D eigenvalue weighted by atomic mass is 16.5. The highest BCUT2D eigenvalue weighted by molar-refractivity contribution is 5.89. The van der Waals surface area contributed by atoms with Gasteiger partial charge in [-0.2, -0.15) is 0 Å². The van der Waals surface area contributed by atoms with E-state index >= 15 is 0 Å². The van der Waals surface area contributed by atoms with Crippen molar-refractivity contribution in [3.8, 4) is 22.7 Å². The van der Waals surface area contributed by atoms with Crippen LogP contribution in [0.1, 0.15) is 5.76 Å². The van der Waals surface area contributed by atoms with Crippen molar-refractivity contribution in [2.45, 2.75) is 6.92 Å². The largest absolute Gasteiger partial charge is 0.461 e. The second-order valence-electron chi connectivity index (χ2n) is 6.80. The molecule has 0 atom stereocenters. The van der Waals surface area contributed by atoms with Crippen LogP contribution in [-0.4, -0.2) is 51.2 Å². The Bertz CT molecular complexity index is 1170. The lowest BCUT2D eigenvalue weighted by molar-refractivity contribution is 0.122. The summed E-state index contributed by atoms with van der Waals surface area (Å²) in [4.78, 5) is 24.5. The molecular weight excluding hydrogens is 370 g/mol. The van der Waals surface area contributed by atoms with Gasteiger partial charge in [0.25, 0.3) is 0 Å². The second-order valence-corrected chi connectivity index (χ2v) is 6.80. The lowest BCUT2D eigenvalue weighted by atomic mass is 10.2. The number of nitrogen functional groups attached to an aromatic ring is 1. The Morgan fingerprint density at radius 1 is 0.966 bits per heavy atom. The molecular formula is C20H19N7O2. The van der Waals surface area contributed by atoms with Crippen molar-refractivity contribution in [1.82, 2.24) is 24.9 Å². The van der Waals surface area contributed by atoms with E-state index in [1.54, 1.807) is 18.6 Å². The monoisotopic (exact) mass is 389 g/mol. The Hall–Kier alpha value is -3.59. The van der Waals surface area contributed by atoms with Gasteiger partial charge in [0.1, 0.15) is 17.0 Å². The van der Waals surface area contributed by atoms with E-state index in [2.05, 4.69) is 19.9 Å². The van der Waals surface area contributed by atoms with Crippen molar-refractivity contribution in [1.29, 1.82) is 0 Å². The van der Waals surface area contributed by atoms with Crippen molar-refractivity contribution in [2.24, 2.45) is 0 Å². The van der Waals surface area contributed by atoms with Crippen molar-refractivity contribution in [2.75, 3.05) is 36.9 Å². The minimum atomic E-state index is 0.208. The molecule has 9 nitrogen and oxygen atoms in total. The number of anilines is 2. The third-order valence-corrected chi connectivity index (χ3v) is 4.78. The number of furan rings is 1. The summed E-state index contributed by atoms with van der Waals surface area (Å²) in [6, 6.07) is 5.82.